The molecule has 0 heterocycles. The van der Waals surface area contributed by atoms with Crippen molar-refractivity contribution in [2.45, 2.75) is 51.9 Å². The Bertz CT molecular complexity index is 365. The van der Waals surface area contributed by atoms with E-state index < -0.39 is 11.9 Å². The first-order valence-corrected chi connectivity index (χ1v) is 7.24. The number of aliphatic carboxylic acids is 1. The molecule has 0 aromatic heterocycles. The molecule has 0 aliphatic rings. The van der Waals surface area contributed by atoms with Crippen LogP contribution in [0.15, 0.2) is 12.2 Å². The average molecular weight is 299 g/mol. The Morgan fingerprint density at radius 3 is 2.24 bits per heavy atom. The Balaban J connectivity index is 3.37. The van der Waals surface area contributed by atoms with Crippen molar-refractivity contribution < 1.29 is 24.2 Å². The molecule has 6 nitrogen and oxygen atoms in total. The maximum absolute atomic E-state index is 11.5. The molecule has 0 aromatic rings. The summed E-state index contributed by atoms with van der Waals surface area (Å²) < 4.78 is 4.89. The maximum atomic E-state index is 11.5. The lowest BCUT2D eigenvalue weighted by Crippen LogP contribution is -2.25. The number of carboxylic acid groups (broad SMARTS) is 1. The molecule has 120 valence electrons. The second-order valence-electron chi connectivity index (χ2n) is 4.93. The Kier molecular flexibility index (Phi) is 10.9. The van der Waals surface area contributed by atoms with Crippen LogP contribution in [0.25, 0.3) is 0 Å². The number of carbonyl (C=O) groups is 3. The highest BCUT2D eigenvalue weighted by atomic mass is 16.5. The molecular formula is C15H25NO5. The lowest BCUT2D eigenvalue weighted by Gasteiger charge is -2.06. The van der Waals surface area contributed by atoms with Gasteiger partial charge in [0.05, 0.1) is 6.61 Å². The Morgan fingerprint density at radius 1 is 1.05 bits per heavy atom. The summed E-state index contributed by atoms with van der Waals surface area (Å²) in [7, 11) is 0. The summed E-state index contributed by atoms with van der Waals surface area (Å²) in [5, 5.41) is 11.2. The molecule has 0 spiro atoms. The second-order valence-corrected chi connectivity index (χ2v) is 4.93. The number of rotatable bonds is 12. The third-order valence-corrected chi connectivity index (χ3v) is 2.77. The van der Waals surface area contributed by atoms with Gasteiger partial charge in [-0.15, -0.1) is 0 Å². The molecular weight excluding hydrogens is 274 g/mol. The van der Waals surface area contributed by atoms with Crippen LogP contribution >= 0.6 is 0 Å². The molecule has 0 aliphatic heterocycles. The highest BCUT2D eigenvalue weighted by Gasteiger charge is 2.04. The summed E-state index contributed by atoms with van der Waals surface area (Å²) in [5.41, 5.74) is 0.363. The second kappa shape index (κ2) is 11.9. The SMILES string of the molecule is C=C(C)C(=O)OCCCNC(=O)CCCCCCC(=O)O. The zero-order valence-electron chi connectivity index (χ0n) is 12.7. The fourth-order valence-electron chi connectivity index (χ4n) is 1.59. The van der Waals surface area contributed by atoms with E-state index in [4.69, 9.17) is 9.84 Å². The number of esters is 1. The Hall–Kier alpha value is -1.85. The van der Waals surface area contributed by atoms with Gasteiger partial charge in [0, 0.05) is 25.0 Å². The maximum Gasteiger partial charge on any atom is 0.333 e. The van der Waals surface area contributed by atoms with Crippen molar-refractivity contribution in [3.05, 3.63) is 12.2 Å². The highest BCUT2D eigenvalue weighted by Crippen LogP contribution is 2.05. The van der Waals surface area contributed by atoms with Crippen molar-refractivity contribution >= 4 is 17.8 Å². The normalized spacial score (nSPS) is 9.95. The summed E-state index contributed by atoms with van der Waals surface area (Å²) >= 11 is 0. The summed E-state index contributed by atoms with van der Waals surface area (Å²) in [4.78, 5) is 32.8. The zero-order chi connectivity index (χ0) is 16.1. The van der Waals surface area contributed by atoms with Crippen LogP contribution in [0.3, 0.4) is 0 Å². The largest absolute Gasteiger partial charge is 0.481 e. The molecule has 2 N–H and O–H groups in total. The Labute approximate surface area is 125 Å². The smallest absolute Gasteiger partial charge is 0.333 e. The van der Waals surface area contributed by atoms with E-state index in [1.165, 1.54) is 0 Å². The van der Waals surface area contributed by atoms with Gasteiger partial charge in [-0.05, 0) is 26.2 Å². The van der Waals surface area contributed by atoms with Crippen LogP contribution in [0, 0.1) is 0 Å². The lowest BCUT2D eigenvalue weighted by molar-refractivity contribution is -0.139. The number of carboxylic acids is 1. The first kappa shape index (κ1) is 19.1. The van der Waals surface area contributed by atoms with Crippen molar-refractivity contribution in [1.82, 2.24) is 5.32 Å². The quantitative estimate of drug-likeness (QED) is 0.327. The molecule has 1 amide bonds. The van der Waals surface area contributed by atoms with Gasteiger partial charge in [-0.1, -0.05) is 19.4 Å². The summed E-state index contributed by atoms with van der Waals surface area (Å²) in [6.45, 7) is 5.79. The van der Waals surface area contributed by atoms with E-state index in [1.807, 2.05) is 0 Å². The number of unbranched alkanes of at least 4 members (excludes halogenated alkanes) is 3. The van der Waals surface area contributed by atoms with E-state index in [-0.39, 0.29) is 18.9 Å². The molecule has 0 aromatic carbocycles. The number of hydrogen-bond donors (Lipinski definition) is 2. The average Bonchev–Trinajstić information content (AvgIpc) is 2.41. The molecule has 0 radical (unpaired) electrons. The van der Waals surface area contributed by atoms with E-state index in [0.717, 1.165) is 19.3 Å². The summed E-state index contributed by atoms with van der Waals surface area (Å²) in [6, 6.07) is 0. The van der Waals surface area contributed by atoms with Crippen LogP contribution in [0.5, 0.6) is 0 Å². The molecule has 21 heavy (non-hydrogen) atoms. The van der Waals surface area contributed by atoms with E-state index in [9.17, 15) is 14.4 Å². The minimum absolute atomic E-state index is 0.0283. The van der Waals surface area contributed by atoms with Gasteiger partial charge in [-0.3, -0.25) is 9.59 Å². The van der Waals surface area contributed by atoms with Gasteiger partial charge in [0.2, 0.25) is 5.91 Å². The molecule has 0 unspecified atom stereocenters. The van der Waals surface area contributed by atoms with Crippen molar-refractivity contribution in [1.29, 1.82) is 0 Å². The molecule has 0 saturated heterocycles. The van der Waals surface area contributed by atoms with Crippen molar-refractivity contribution in [2.75, 3.05) is 13.2 Å². The molecule has 6 heteroatoms. The van der Waals surface area contributed by atoms with Crippen molar-refractivity contribution in [2.24, 2.45) is 0 Å². The summed E-state index contributed by atoms with van der Waals surface area (Å²) in [5.74, 6) is -1.22. The standard InChI is InChI=1S/C15H25NO5/c1-12(2)15(20)21-11-7-10-16-13(17)8-5-3-4-6-9-14(18)19/h1,3-11H2,2H3,(H,16,17)(H,18,19). The third-order valence-electron chi connectivity index (χ3n) is 2.77. The van der Waals surface area contributed by atoms with E-state index >= 15 is 0 Å². The molecule has 0 atom stereocenters. The first-order chi connectivity index (χ1) is 9.93. The number of ether oxygens (including phenoxy) is 1. The predicted octanol–water partition coefficient (Wildman–Crippen LogP) is 2.04. The monoisotopic (exact) mass is 299 g/mol. The molecule has 0 rings (SSSR count). The number of carbonyl (C=O) groups excluding carboxylic acids is 2. The third kappa shape index (κ3) is 12.9. The van der Waals surface area contributed by atoms with Crippen molar-refractivity contribution in [3.8, 4) is 0 Å². The van der Waals surface area contributed by atoms with E-state index in [2.05, 4.69) is 11.9 Å². The van der Waals surface area contributed by atoms with Crippen LogP contribution < -0.4 is 5.32 Å². The predicted molar refractivity (Wildman–Crippen MR) is 78.7 cm³/mol. The fraction of sp³-hybridized carbons (Fsp3) is 0.667. The van der Waals surface area contributed by atoms with Gasteiger partial charge in [0.1, 0.15) is 0 Å². The van der Waals surface area contributed by atoms with Gasteiger partial charge in [-0.25, -0.2) is 4.79 Å². The molecule has 0 fully saturated rings. The number of amides is 1. The van der Waals surface area contributed by atoms with E-state index in [0.29, 0.717) is 31.4 Å². The van der Waals surface area contributed by atoms with Crippen molar-refractivity contribution in [3.63, 3.8) is 0 Å². The fourth-order valence-corrected chi connectivity index (χ4v) is 1.59. The topological polar surface area (TPSA) is 92.7 Å². The minimum Gasteiger partial charge on any atom is -0.481 e. The van der Waals surface area contributed by atoms with E-state index in [1.54, 1.807) is 6.92 Å². The van der Waals surface area contributed by atoms with Gasteiger partial charge in [0.25, 0.3) is 0 Å². The number of nitrogens with one attached hydrogen (secondary N) is 1. The molecule has 0 aliphatic carbocycles. The lowest BCUT2D eigenvalue weighted by atomic mass is 10.1. The van der Waals surface area contributed by atoms with Gasteiger partial charge in [0.15, 0.2) is 0 Å². The zero-order valence-corrected chi connectivity index (χ0v) is 12.7. The van der Waals surface area contributed by atoms with Gasteiger partial charge in [-0.2, -0.15) is 0 Å². The first-order valence-electron chi connectivity index (χ1n) is 7.24. The highest BCUT2D eigenvalue weighted by molar-refractivity contribution is 5.86. The van der Waals surface area contributed by atoms with Crippen LogP contribution in [0.2, 0.25) is 0 Å². The number of hydrogen-bond acceptors (Lipinski definition) is 4. The van der Waals surface area contributed by atoms with Crippen LogP contribution in [0.4, 0.5) is 0 Å². The Morgan fingerprint density at radius 2 is 1.67 bits per heavy atom. The van der Waals surface area contributed by atoms with Crippen LogP contribution in [0.1, 0.15) is 51.9 Å². The molecule has 0 saturated carbocycles. The van der Waals surface area contributed by atoms with Crippen LogP contribution in [-0.2, 0) is 19.1 Å². The summed E-state index contributed by atoms with van der Waals surface area (Å²) in [6.07, 6.45) is 4.31. The van der Waals surface area contributed by atoms with Crippen LogP contribution in [-0.4, -0.2) is 36.1 Å². The van der Waals surface area contributed by atoms with Gasteiger partial charge >= 0.3 is 11.9 Å². The van der Waals surface area contributed by atoms with Gasteiger partial charge < -0.3 is 15.2 Å². The minimum atomic E-state index is -0.778. The molecule has 0 bridgehead atoms.